The SMILES string of the molecule is CC[C@@H](CO)CCc1nc(-c2cccc(NC(=O)Nc3ccc(C(F)(F)F)cc3)c2)c2c(N)c(CO)sc2n1. The molecule has 6 N–H and O–H groups in total. The molecule has 8 nitrogen and oxygen atoms in total. The van der Waals surface area contributed by atoms with Crippen molar-refractivity contribution in [1.29, 1.82) is 0 Å². The number of nitrogen functional groups attached to an aromatic ring is 1. The van der Waals surface area contributed by atoms with Crippen LogP contribution in [0.15, 0.2) is 48.5 Å². The number of amides is 2. The summed E-state index contributed by atoms with van der Waals surface area (Å²) in [5.41, 5.74) is 7.74. The number of fused-ring (bicyclic) bond motifs is 1. The summed E-state index contributed by atoms with van der Waals surface area (Å²) in [7, 11) is 0. The number of nitrogens with two attached hydrogens (primary N) is 1. The summed E-state index contributed by atoms with van der Waals surface area (Å²) in [6, 6.07) is 10.4. The van der Waals surface area contributed by atoms with E-state index >= 15 is 0 Å². The number of hydrogen-bond acceptors (Lipinski definition) is 7. The molecular weight excluding hydrogens is 531 g/mol. The predicted octanol–water partition coefficient (Wildman–Crippen LogP) is 6.05. The molecule has 39 heavy (non-hydrogen) atoms. The first-order valence-electron chi connectivity index (χ1n) is 12.3. The number of nitrogens with zero attached hydrogens (tertiary/aromatic N) is 2. The summed E-state index contributed by atoms with van der Waals surface area (Å²) in [4.78, 5) is 23.2. The molecule has 0 aliphatic rings. The zero-order chi connectivity index (χ0) is 28.2. The van der Waals surface area contributed by atoms with Crippen molar-refractivity contribution < 1.29 is 28.2 Å². The van der Waals surface area contributed by atoms with Gasteiger partial charge in [-0.05, 0) is 48.7 Å². The van der Waals surface area contributed by atoms with Crippen LogP contribution in [0.5, 0.6) is 0 Å². The monoisotopic (exact) mass is 559 g/mol. The number of aromatic nitrogens is 2. The van der Waals surface area contributed by atoms with Crippen LogP contribution in [-0.4, -0.2) is 32.8 Å². The molecule has 1 atom stereocenters. The lowest BCUT2D eigenvalue weighted by molar-refractivity contribution is -0.137. The molecule has 0 bridgehead atoms. The van der Waals surface area contributed by atoms with Gasteiger partial charge in [-0.3, -0.25) is 0 Å². The van der Waals surface area contributed by atoms with Gasteiger partial charge in [0.2, 0.25) is 0 Å². The number of benzene rings is 2. The smallest absolute Gasteiger partial charge is 0.397 e. The molecule has 0 saturated carbocycles. The number of hydrogen-bond donors (Lipinski definition) is 5. The first-order valence-corrected chi connectivity index (χ1v) is 13.1. The molecule has 0 fully saturated rings. The Kier molecular flexibility index (Phi) is 8.68. The molecule has 2 heterocycles. The van der Waals surface area contributed by atoms with Gasteiger partial charge in [-0.1, -0.05) is 25.5 Å². The minimum atomic E-state index is -4.46. The number of anilines is 3. The summed E-state index contributed by atoms with van der Waals surface area (Å²) in [6.45, 7) is 1.85. The third kappa shape index (κ3) is 6.64. The summed E-state index contributed by atoms with van der Waals surface area (Å²) in [5.74, 6) is 0.707. The van der Waals surface area contributed by atoms with Crippen LogP contribution in [0, 0.1) is 5.92 Å². The fourth-order valence-electron chi connectivity index (χ4n) is 4.09. The van der Waals surface area contributed by atoms with E-state index in [2.05, 4.69) is 15.6 Å². The fraction of sp³-hybridized carbons (Fsp3) is 0.296. The zero-order valence-corrected chi connectivity index (χ0v) is 21.9. The number of aliphatic hydroxyl groups excluding tert-OH is 2. The predicted molar refractivity (Wildman–Crippen MR) is 146 cm³/mol. The zero-order valence-electron chi connectivity index (χ0n) is 21.0. The number of carbonyl (C=O) groups is 1. The van der Waals surface area contributed by atoms with Gasteiger partial charge in [-0.2, -0.15) is 13.2 Å². The molecule has 0 saturated heterocycles. The number of aryl methyl sites for hydroxylation is 1. The minimum Gasteiger partial charge on any atom is -0.397 e. The Morgan fingerprint density at radius 3 is 2.44 bits per heavy atom. The van der Waals surface area contributed by atoms with Crippen molar-refractivity contribution in [3.8, 4) is 11.3 Å². The van der Waals surface area contributed by atoms with E-state index in [-0.39, 0.29) is 24.8 Å². The van der Waals surface area contributed by atoms with Crippen LogP contribution in [0.1, 0.15) is 36.0 Å². The van der Waals surface area contributed by atoms with Gasteiger partial charge in [0, 0.05) is 30.0 Å². The third-order valence-electron chi connectivity index (χ3n) is 6.33. The van der Waals surface area contributed by atoms with Gasteiger partial charge < -0.3 is 26.6 Å². The van der Waals surface area contributed by atoms with E-state index < -0.39 is 17.8 Å². The second-order valence-corrected chi connectivity index (χ2v) is 10.1. The Morgan fingerprint density at radius 2 is 1.79 bits per heavy atom. The largest absolute Gasteiger partial charge is 0.416 e. The average Bonchev–Trinajstić information content (AvgIpc) is 3.24. The van der Waals surface area contributed by atoms with Gasteiger partial charge in [-0.25, -0.2) is 14.8 Å². The van der Waals surface area contributed by atoms with E-state index in [4.69, 9.17) is 10.7 Å². The molecule has 4 aromatic rings. The molecule has 12 heteroatoms. The van der Waals surface area contributed by atoms with E-state index in [0.717, 1.165) is 18.6 Å². The molecule has 2 aromatic heterocycles. The molecular formula is C27H28F3N5O3S. The van der Waals surface area contributed by atoms with Crippen molar-refractivity contribution in [3.63, 3.8) is 0 Å². The van der Waals surface area contributed by atoms with Gasteiger partial charge >= 0.3 is 12.2 Å². The van der Waals surface area contributed by atoms with Gasteiger partial charge in [0.05, 0.1) is 33.8 Å². The normalized spacial score (nSPS) is 12.5. The van der Waals surface area contributed by atoms with Crippen LogP contribution in [0.25, 0.3) is 21.5 Å². The number of alkyl halides is 3. The summed E-state index contributed by atoms with van der Waals surface area (Å²) < 4.78 is 38.4. The number of urea groups is 1. The van der Waals surface area contributed by atoms with Crippen LogP contribution in [0.4, 0.5) is 35.0 Å². The van der Waals surface area contributed by atoms with Crippen molar-refractivity contribution in [1.82, 2.24) is 9.97 Å². The Bertz CT molecular complexity index is 1450. The van der Waals surface area contributed by atoms with Gasteiger partial charge in [0.25, 0.3) is 0 Å². The molecule has 2 amide bonds. The first-order chi connectivity index (χ1) is 18.6. The molecule has 0 spiro atoms. The lowest BCUT2D eigenvalue weighted by Gasteiger charge is -2.13. The van der Waals surface area contributed by atoms with Crippen LogP contribution in [-0.2, 0) is 19.2 Å². The topological polar surface area (TPSA) is 133 Å². The molecule has 0 radical (unpaired) electrons. The molecule has 4 rings (SSSR count). The molecule has 0 unspecified atom stereocenters. The summed E-state index contributed by atoms with van der Waals surface area (Å²) in [6.07, 6.45) is -2.39. The number of rotatable bonds is 9. The van der Waals surface area contributed by atoms with E-state index in [0.29, 0.717) is 56.4 Å². The van der Waals surface area contributed by atoms with Gasteiger partial charge in [0.1, 0.15) is 10.7 Å². The van der Waals surface area contributed by atoms with E-state index in [1.54, 1.807) is 18.2 Å². The lowest BCUT2D eigenvalue weighted by atomic mass is 10.0. The maximum atomic E-state index is 12.8. The number of aliphatic hydroxyl groups is 2. The Morgan fingerprint density at radius 1 is 1.08 bits per heavy atom. The quantitative estimate of drug-likeness (QED) is 0.170. The maximum absolute atomic E-state index is 12.8. The Balaban J connectivity index is 1.60. The van der Waals surface area contributed by atoms with Crippen molar-refractivity contribution in [2.75, 3.05) is 23.0 Å². The highest BCUT2D eigenvalue weighted by Crippen LogP contribution is 2.39. The summed E-state index contributed by atoms with van der Waals surface area (Å²) in [5, 5.41) is 25.1. The molecule has 0 aliphatic heterocycles. The number of thiophene rings is 1. The minimum absolute atomic E-state index is 0.0778. The van der Waals surface area contributed by atoms with Crippen molar-refractivity contribution >= 4 is 44.6 Å². The highest BCUT2D eigenvalue weighted by molar-refractivity contribution is 7.19. The maximum Gasteiger partial charge on any atom is 0.416 e. The Labute approximate surface area is 226 Å². The van der Waals surface area contributed by atoms with Crippen LogP contribution in [0.3, 0.4) is 0 Å². The molecule has 2 aromatic carbocycles. The van der Waals surface area contributed by atoms with Gasteiger partial charge in [0.15, 0.2) is 0 Å². The second kappa shape index (κ2) is 12.0. The van der Waals surface area contributed by atoms with Crippen LogP contribution < -0.4 is 16.4 Å². The van der Waals surface area contributed by atoms with Crippen LogP contribution in [0.2, 0.25) is 0 Å². The Hall–Kier alpha value is -3.74. The second-order valence-electron chi connectivity index (χ2n) is 9.00. The van der Waals surface area contributed by atoms with Crippen molar-refractivity contribution in [3.05, 3.63) is 64.8 Å². The van der Waals surface area contributed by atoms with Crippen LogP contribution >= 0.6 is 11.3 Å². The van der Waals surface area contributed by atoms with Crippen molar-refractivity contribution in [2.45, 2.75) is 39.0 Å². The molecule has 0 aliphatic carbocycles. The summed E-state index contributed by atoms with van der Waals surface area (Å²) >= 11 is 1.29. The fourth-order valence-corrected chi connectivity index (χ4v) is 5.06. The van der Waals surface area contributed by atoms with E-state index in [9.17, 15) is 28.2 Å². The van der Waals surface area contributed by atoms with E-state index in [1.807, 2.05) is 13.0 Å². The number of nitrogens with one attached hydrogen (secondary N) is 2. The van der Waals surface area contributed by atoms with Crippen molar-refractivity contribution in [2.24, 2.45) is 5.92 Å². The van der Waals surface area contributed by atoms with Gasteiger partial charge in [-0.15, -0.1) is 11.3 Å². The highest BCUT2D eigenvalue weighted by Gasteiger charge is 2.30. The number of carbonyl (C=O) groups excluding carboxylic acids is 1. The highest BCUT2D eigenvalue weighted by atomic mass is 32.1. The first kappa shape index (κ1) is 28.3. The third-order valence-corrected chi connectivity index (χ3v) is 7.42. The molecule has 206 valence electrons. The average molecular weight is 560 g/mol. The number of halogens is 3. The van der Waals surface area contributed by atoms with E-state index in [1.165, 1.54) is 23.5 Å². The lowest BCUT2D eigenvalue weighted by Crippen LogP contribution is -2.19. The standard InChI is InChI=1S/C27H28F3N5O3S/c1-2-15(13-36)6-11-21-34-24(22-23(31)20(14-37)39-25(22)35-21)16-4-3-5-19(12-16)33-26(38)32-18-9-7-17(8-10-18)27(28,29)30/h3-5,7-10,12,15,36-37H,2,6,11,13-14,31H2,1H3,(H2,32,33,38)/t15-/m1/s1.